The molecule has 1 aliphatic rings. The van der Waals surface area contributed by atoms with Crippen LogP contribution >= 0.6 is 23.2 Å². The van der Waals surface area contributed by atoms with Gasteiger partial charge in [-0.25, -0.2) is 13.1 Å². The Kier molecular flexibility index (Phi) is 6.34. The van der Waals surface area contributed by atoms with Crippen molar-refractivity contribution in [3.8, 4) is 11.5 Å². The molecule has 28 heavy (non-hydrogen) atoms. The first-order chi connectivity index (χ1) is 13.3. The zero-order valence-electron chi connectivity index (χ0n) is 14.9. The molecule has 1 saturated carbocycles. The van der Waals surface area contributed by atoms with Crippen molar-refractivity contribution in [2.45, 2.75) is 23.8 Å². The zero-order valence-corrected chi connectivity index (χ0v) is 17.2. The first kappa shape index (κ1) is 20.7. The van der Waals surface area contributed by atoms with Crippen LogP contribution in [0.25, 0.3) is 0 Å². The third-order valence-electron chi connectivity index (χ3n) is 3.91. The lowest BCUT2D eigenvalue weighted by atomic mass is 10.3. The quantitative estimate of drug-likeness (QED) is 0.649. The van der Waals surface area contributed by atoms with Crippen molar-refractivity contribution in [3.63, 3.8) is 0 Å². The number of sulfonamides is 1. The molecule has 10 heteroatoms. The average Bonchev–Trinajstić information content (AvgIpc) is 3.45. The number of nitrogens with one attached hydrogen (secondary N) is 2. The molecule has 1 amide bonds. The number of hydrogen-bond acceptors (Lipinski definition) is 5. The van der Waals surface area contributed by atoms with E-state index in [9.17, 15) is 13.2 Å². The Bertz CT molecular complexity index is 993. The van der Waals surface area contributed by atoms with Crippen molar-refractivity contribution in [2.24, 2.45) is 0 Å². The highest BCUT2D eigenvalue weighted by Gasteiger charge is 2.28. The second-order valence-corrected chi connectivity index (χ2v) is 8.73. The van der Waals surface area contributed by atoms with E-state index in [-0.39, 0.29) is 29.0 Å². The number of carbonyl (C=O) groups excluding carboxylic acids is 1. The molecule has 0 spiro atoms. The summed E-state index contributed by atoms with van der Waals surface area (Å²) in [6.45, 7) is -0.347. The molecular formula is C18H18Cl2N2O5S. The predicted molar refractivity (Wildman–Crippen MR) is 107 cm³/mol. The molecule has 3 rings (SSSR count). The largest absolute Gasteiger partial charge is 0.495 e. The molecule has 150 valence electrons. The fraction of sp³-hybridized carbons (Fsp3) is 0.278. The van der Waals surface area contributed by atoms with Crippen molar-refractivity contribution >= 4 is 44.8 Å². The summed E-state index contributed by atoms with van der Waals surface area (Å²) in [4.78, 5) is 12.3. The van der Waals surface area contributed by atoms with Gasteiger partial charge in [-0.2, -0.15) is 0 Å². The van der Waals surface area contributed by atoms with E-state index < -0.39 is 15.9 Å². The highest BCUT2D eigenvalue weighted by atomic mass is 35.5. The predicted octanol–water partition coefficient (Wildman–Crippen LogP) is 3.46. The number of anilines is 1. The van der Waals surface area contributed by atoms with Gasteiger partial charge in [0.2, 0.25) is 10.0 Å². The van der Waals surface area contributed by atoms with Gasteiger partial charge >= 0.3 is 0 Å². The van der Waals surface area contributed by atoms with Crippen LogP contribution in [0.1, 0.15) is 12.8 Å². The van der Waals surface area contributed by atoms with Crippen molar-refractivity contribution in [1.82, 2.24) is 4.72 Å². The SMILES string of the molecule is COc1ccc(S(=O)(=O)NC2CC2)cc1NC(=O)COc1cc(Cl)ccc1Cl. The molecule has 1 fully saturated rings. The molecule has 0 saturated heterocycles. The number of halogens is 2. The third kappa shape index (κ3) is 5.29. The van der Waals surface area contributed by atoms with Crippen LogP contribution in [0.5, 0.6) is 11.5 Å². The van der Waals surface area contributed by atoms with Gasteiger partial charge in [-0.05, 0) is 43.2 Å². The van der Waals surface area contributed by atoms with E-state index in [1.165, 1.54) is 31.4 Å². The molecule has 0 aromatic heterocycles. The van der Waals surface area contributed by atoms with Gasteiger partial charge in [0.05, 0.1) is 22.7 Å². The highest BCUT2D eigenvalue weighted by molar-refractivity contribution is 7.89. The van der Waals surface area contributed by atoms with Gasteiger partial charge in [0, 0.05) is 17.1 Å². The van der Waals surface area contributed by atoms with E-state index in [1.54, 1.807) is 12.1 Å². The van der Waals surface area contributed by atoms with Gasteiger partial charge in [-0.15, -0.1) is 0 Å². The van der Waals surface area contributed by atoms with E-state index in [4.69, 9.17) is 32.7 Å². The first-order valence-electron chi connectivity index (χ1n) is 8.36. The minimum atomic E-state index is -3.67. The summed E-state index contributed by atoms with van der Waals surface area (Å²) in [6, 6.07) is 8.86. The fourth-order valence-electron chi connectivity index (χ4n) is 2.36. The van der Waals surface area contributed by atoms with Crippen LogP contribution in [-0.4, -0.2) is 34.1 Å². The van der Waals surface area contributed by atoms with Gasteiger partial charge in [-0.3, -0.25) is 4.79 Å². The van der Waals surface area contributed by atoms with Crippen molar-refractivity contribution in [3.05, 3.63) is 46.4 Å². The van der Waals surface area contributed by atoms with Gasteiger partial charge in [0.15, 0.2) is 6.61 Å². The van der Waals surface area contributed by atoms with Crippen LogP contribution in [-0.2, 0) is 14.8 Å². The Morgan fingerprint density at radius 2 is 1.89 bits per heavy atom. The van der Waals surface area contributed by atoms with Crippen LogP contribution in [0.15, 0.2) is 41.3 Å². The first-order valence-corrected chi connectivity index (χ1v) is 10.6. The van der Waals surface area contributed by atoms with Crippen LogP contribution in [0.3, 0.4) is 0 Å². The number of methoxy groups -OCH3 is 1. The number of hydrogen-bond donors (Lipinski definition) is 2. The maximum atomic E-state index is 12.4. The smallest absolute Gasteiger partial charge is 0.262 e. The maximum Gasteiger partial charge on any atom is 0.262 e. The Labute approximate surface area is 173 Å². The van der Waals surface area contributed by atoms with Crippen LogP contribution in [0.4, 0.5) is 5.69 Å². The highest BCUT2D eigenvalue weighted by Crippen LogP contribution is 2.30. The van der Waals surface area contributed by atoms with Gasteiger partial charge in [0.25, 0.3) is 5.91 Å². The lowest BCUT2D eigenvalue weighted by Crippen LogP contribution is -2.26. The topological polar surface area (TPSA) is 93.7 Å². The summed E-state index contributed by atoms with van der Waals surface area (Å²) in [5.41, 5.74) is 0.215. The second kappa shape index (κ2) is 8.57. The molecule has 2 aromatic carbocycles. The lowest BCUT2D eigenvalue weighted by Gasteiger charge is -2.13. The van der Waals surface area contributed by atoms with Crippen LogP contribution < -0.4 is 19.5 Å². The molecule has 0 aliphatic heterocycles. The minimum Gasteiger partial charge on any atom is -0.495 e. The molecular weight excluding hydrogens is 427 g/mol. The standard InChI is InChI=1S/C18H18Cl2N2O5S/c1-26-16-7-5-13(28(24,25)22-12-3-4-12)9-15(16)21-18(23)10-27-17-8-11(19)2-6-14(17)20/h2,5-9,12,22H,3-4,10H2,1H3,(H,21,23). The van der Waals surface area contributed by atoms with Crippen LogP contribution in [0.2, 0.25) is 10.0 Å². The van der Waals surface area contributed by atoms with Crippen molar-refractivity contribution in [2.75, 3.05) is 19.0 Å². The number of amides is 1. The van der Waals surface area contributed by atoms with E-state index in [1.807, 2.05) is 0 Å². The number of ether oxygens (including phenoxy) is 2. The molecule has 1 aliphatic carbocycles. The van der Waals surface area contributed by atoms with Crippen molar-refractivity contribution < 1.29 is 22.7 Å². The monoisotopic (exact) mass is 444 g/mol. The van der Waals surface area contributed by atoms with Gasteiger partial charge in [-0.1, -0.05) is 23.2 Å². The summed E-state index contributed by atoms with van der Waals surface area (Å²) in [5.74, 6) is 0.0693. The Hall–Kier alpha value is -2.00. The molecule has 0 heterocycles. The van der Waals surface area contributed by atoms with Gasteiger partial charge in [0.1, 0.15) is 11.5 Å². The lowest BCUT2D eigenvalue weighted by molar-refractivity contribution is -0.118. The molecule has 0 bridgehead atoms. The van der Waals surface area contributed by atoms with Gasteiger partial charge < -0.3 is 14.8 Å². The van der Waals surface area contributed by atoms with Crippen molar-refractivity contribution in [1.29, 1.82) is 0 Å². The summed E-state index contributed by atoms with van der Waals surface area (Å²) in [6.07, 6.45) is 1.64. The molecule has 7 nitrogen and oxygen atoms in total. The maximum absolute atomic E-state index is 12.4. The zero-order chi connectivity index (χ0) is 20.3. The second-order valence-electron chi connectivity index (χ2n) is 6.17. The molecule has 0 radical (unpaired) electrons. The minimum absolute atomic E-state index is 0.0269. The molecule has 0 unspecified atom stereocenters. The normalized spacial score (nSPS) is 13.8. The summed E-state index contributed by atoms with van der Waals surface area (Å²) in [7, 11) is -2.25. The van der Waals surface area contributed by atoms with Crippen LogP contribution in [0, 0.1) is 0 Å². The van der Waals surface area contributed by atoms with E-state index in [2.05, 4.69) is 10.0 Å². The third-order valence-corrected chi connectivity index (χ3v) is 5.97. The Morgan fingerprint density at radius 3 is 2.57 bits per heavy atom. The number of benzene rings is 2. The summed E-state index contributed by atoms with van der Waals surface area (Å²) >= 11 is 11.9. The average molecular weight is 445 g/mol. The Morgan fingerprint density at radius 1 is 1.14 bits per heavy atom. The number of rotatable bonds is 8. The summed E-state index contributed by atoms with van der Waals surface area (Å²) < 4.78 is 37.9. The molecule has 0 atom stereocenters. The molecule has 2 N–H and O–H groups in total. The fourth-order valence-corrected chi connectivity index (χ4v) is 4.02. The summed E-state index contributed by atoms with van der Waals surface area (Å²) in [5, 5.41) is 3.32. The van der Waals surface area contributed by atoms with E-state index >= 15 is 0 Å². The molecule has 2 aromatic rings. The van der Waals surface area contributed by atoms with E-state index in [0.29, 0.717) is 15.8 Å². The van der Waals surface area contributed by atoms with E-state index in [0.717, 1.165) is 12.8 Å². The number of carbonyl (C=O) groups is 1. The Balaban J connectivity index is 1.72.